The Kier molecular flexibility index (Phi) is 9.41. The molecule has 4 heterocycles. The first-order valence-electron chi connectivity index (χ1n) is 17.2. The van der Waals surface area contributed by atoms with E-state index >= 15 is 0 Å². The Morgan fingerprint density at radius 3 is 2.59 bits per heavy atom. The van der Waals surface area contributed by atoms with E-state index in [-0.39, 0.29) is 22.6 Å². The van der Waals surface area contributed by atoms with E-state index < -0.39 is 0 Å². The summed E-state index contributed by atoms with van der Waals surface area (Å²) in [4.78, 5) is 26.6. The van der Waals surface area contributed by atoms with Crippen molar-refractivity contribution >= 4 is 16.6 Å². The van der Waals surface area contributed by atoms with Crippen molar-refractivity contribution in [3.8, 4) is 0 Å². The maximum Gasteiger partial charge on any atom is 0.261 e. The van der Waals surface area contributed by atoms with E-state index in [2.05, 4.69) is 61.4 Å². The van der Waals surface area contributed by atoms with Crippen molar-refractivity contribution in [1.29, 1.82) is 0 Å². The topological polar surface area (TPSA) is 84.3 Å². The number of nitrogens with zero attached hydrogens (tertiary/aromatic N) is 4. The van der Waals surface area contributed by atoms with E-state index in [1.807, 2.05) is 29.0 Å². The first kappa shape index (κ1) is 31.2. The van der Waals surface area contributed by atoms with Crippen molar-refractivity contribution in [1.82, 2.24) is 24.8 Å². The molecule has 4 atom stereocenters. The predicted octanol–water partition coefficient (Wildman–Crippen LogP) is 6.20. The van der Waals surface area contributed by atoms with E-state index in [1.165, 1.54) is 18.5 Å². The molecule has 2 aromatic heterocycles. The molecule has 2 aliphatic heterocycles. The van der Waals surface area contributed by atoms with Crippen LogP contribution in [0.1, 0.15) is 103 Å². The van der Waals surface area contributed by atoms with Gasteiger partial charge in [-0.3, -0.25) is 19.2 Å². The van der Waals surface area contributed by atoms with Crippen molar-refractivity contribution in [2.75, 3.05) is 31.6 Å². The lowest BCUT2D eigenvalue weighted by Gasteiger charge is -2.46. The number of benzene rings is 1. The van der Waals surface area contributed by atoms with Crippen LogP contribution in [0.5, 0.6) is 0 Å². The molecule has 6 rings (SSSR count). The van der Waals surface area contributed by atoms with Crippen LogP contribution in [0, 0.1) is 0 Å². The molecule has 238 valence electrons. The highest BCUT2D eigenvalue weighted by atomic mass is 16.5. The number of anilines is 1. The van der Waals surface area contributed by atoms with E-state index in [4.69, 9.17) is 14.7 Å². The van der Waals surface area contributed by atoms with Crippen LogP contribution < -0.4 is 16.2 Å². The number of rotatable bonds is 10. The zero-order valence-corrected chi connectivity index (χ0v) is 27.3. The second kappa shape index (κ2) is 13.3. The van der Waals surface area contributed by atoms with Gasteiger partial charge in [0.1, 0.15) is 5.82 Å². The Hall–Kier alpha value is -2.81. The fourth-order valence-corrected chi connectivity index (χ4v) is 8.52. The van der Waals surface area contributed by atoms with Crippen LogP contribution in [0.4, 0.5) is 5.69 Å². The third kappa shape index (κ3) is 6.31. The molecule has 2 N–H and O–H groups in total. The van der Waals surface area contributed by atoms with Gasteiger partial charge in [-0.05, 0) is 89.6 Å². The van der Waals surface area contributed by atoms with Gasteiger partial charge in [0.15, 0.2) is 0 Å². The molecule has 3 fully saturated rings. The Morgan fingerprint density at radius 2 is 1.89 bits per heavy atom. The third-order valence-corrected chi connectivity index (χ3v) is 10.5. The molecule has 2 saturated heterocycles. The molecular weight excluding hydrogens is 548 g/mol. The molecule has 44 heavy (non-hydrogen) atoms. The molecule has 3 aromatic rings. The second-order valence-electron chi connectivity index (χ2n) is 13.8. The van der Waals surface area contributed by atoms with Crippen molar-refractivity contribution in [2.45, 2.75) is 121 Å². The molecule has 1 aromatic carbocycles. The number of aromatic nitrogens is 3. The number of piperazine rings is 1. The lowest BCUT2D eigenvalue weighted by Crippen LogP contribution is -2.55. The Morgan fingerprint density at radius 1 is 1.09 bits per heavy atom. The van der Waals surface area contributed by atoms with Crippen molar-refractivity contribution in [3.05, 3.63) is 64.5 Å². The molecule has 8 nitrogen and oxygen atoms in total. The van der Waals surface area contributed by atoms with Gasteiger partial charge in [0.25, 0.3) is 5.56 Å². The first-order valence-corrected chi connectivity index (χ1v) is 17.2. The molecule has 1 saturated carbocycles. The van der Waals surface area contributed by atoms with E-state index in [1.54, 1.807) is 0 Å². The van der Waals surface area contributed by atoms with Crippen LogP contribution in [-0.2, 0) is 16.7 Å². The Bertz CT molecular complexity index is 1460. The molecule has 1 aliphatic carbocycles. The number of pyridine rings is 1. The summed E-state index contributed by atoms with van der Waals surface area (Å²) in [5.41, 5.74) is 3.00. The lowest BCUT2D eigenvalue weighted by atomic mass is 9.68. The molecular formula is C36H52N6O2. The molecule has 0 unspecified atom stereocenters. The third-order valence-electron chi connectivity index (χ3n) is 10.5. The minimum atomic E-state index is -0.00760. The molecule has 1 spiro atoms. The Labute approximate surface area is 263 Å². The quantitative estimate of drug-likeness (QED) is 0.287. The SMILES string of the molecule is CCC[C@H](c1nc2ccc(NCC[C@@]3(c4ccccn4)CCOC4(CCCC4)C3)cc2c(=O)n1CC)N1C[C@@H](C)N[C@@H](C)C1. The van der Waals surface area contributed by atoms with E-state index in [0.29, 0.717) is 24.0 Å². The largest absolute Gasteiger partial charge is 0.385 e. The smallest absolute Gasteiger partial charge is 0.261 e. The van der Waals surface area contributed by atoms with Crippen molar-refractivity contribution in [2.24, 2.45) is 0 Å². The van der Waals surface area contributed by atoms with E-state index in [0.717, 1.165) is 88.2 Å². The summed E-state index contributed by atoms with van der Waals surface area (Å²) < 4.78 is 8.36. The minimum Gasteiger partial charge on any atom is -0.385 e. The molecule has 8 heteroatoms. The number of hydrogen-bond acceptors (Lipinski definition) is 7. The van der Waals surface area contributed by atoms with E-state index in [9.17, 15) is 4.79 Å². The number of ether oxygens (including phenoxy) is 1. The lowest BCUT2D eigenvalue weighted by molar-refractivity contribution is -0.104. The number of nitrogens with one attached hydrogen (secondary N) is 2. The average Bonchev–Trinajstić information content (AvgIpc) is 3.47. The van der Waals surface area contributed by atoms with Crippen molar-refractivity contribution in [3.63, 3.8) is 0 Å². The van der Waals surface area contributed by atoms with Crippen LogP contribution in [-0.4, -0.2) is 63.4 Å². The van der Waals surface area contributed by atoms with Gasteiger partial charge in [0, 0.05) is 67.9 Å². The summed E-state index contributed by atoms with van der Waals surface area (Å²) >= 11 is 0. The number of fused-ring (bicyclic) bond motifs is 1. The maximum atomic E-state index is 14.0. The molecule has 0 amide bonds. The van der Waals surface area contributed by atoms with Gasteiger partial charge in [0.05, 0.1) is 22.5 Å². The van der Waals surface area contributed by atoms with Gasteiger partial charge < -0.3 is 15.4 Å². The maximum absolute atomic E-state index is 14.0. The first-order chi connectivity index (χ1) is 21.4. The number of hydrogen-bond donors (Lipinski definition) is 2. The normalized spacial score (nSPS) is 26.3. The summed E-state index contributed by atoms with van der Waals surface area (Å²) in [6, 6.07) is 13.4. The fraction of sp³-hybridized carbons (Fsp3) is 0.639. The zero-order chi connectivity index (χ0) is 30.7. The summed E-state index contributed by atoms with van der Waals surface area (Å²) in [6.07, 6.45) is 11.8. The monoisotopic (exact) mass is 600 g/mol. The summed E-state index contributed by atoms with van der Waals surface area (Å²) in [5, 5.41) is 8.02. The highest BCUT2D eigenvalue weighted by Gasteiger charge is 2.48. The average molecular weight is 601 g/mol. The predicted molar refractivity (Wildman–Crippen MR) is 178 cm³/mol. The van der Waals surface area contributed by atoms with Gasteiger partial charge in [-0.2, -0.15) is 0 Å². The van der Waals surface area contributed by atoms with Crippen molar-refractivity contribution < 1.29 is 4.74 Å². The molecule has 3 aliphatic rings. The molecule has 0 radical (unpaired) electrons. The van der Waals surface area contributed by atoms with Crippen LogP contribution >= 0.6 is 0 Å². The summed E-state index contributed by atoms with van der Waals surface area (Å²) in [7, 11) is 0. The van der Waals surface area contributed by atoms with Gasteiger partial charge >= 0.3 is 0 Å². The van der Waals surface area contributed by atoms with Gasteiger partial charge in [-0.1, -0.05) is 32.3 Å². The standard InChI is InChI=1S/C36H52N6O2/c1-5-11-31(41-23-26(3)39-27(4)24-41)33-40-30-14-13-28(22-29(30)34(43)42(33)6-2)37-20-17-35(32-12-7-10-19-38-32)18-21-44-36(25-35)15-8-9-16-36/h7,10,12-14,19,22,26-27,31,37,39H,5-6,8-9,11,15-18,20-21,23-25H2,1-4H3/t26-,27+,31-,35-/m1/s1. The highest BCUT2D eigenvalue weighted by molar-refractivity contribution is 5.81. The second-order valence-corrected chi connectivity index (χ2v) is 13.8. The zero-order valence-electron chi connectivity index (χ0n) is 27.3. The Balaban J connectivity index is 1.24. The van der Waals surface area contributed by atoms with Crippen LogP contribution in [0.2, 0.25) is 0 Å². The van der Waals surface area contributed by atoms with Crippen LogP contribution in [0.3, 0.4) is 0 Å². The summed E-state index contributed by atoms with van der Waals surface area (Å²) in [6.45, 7) is 12.9. The van der Waals surface area contributed by atoms with Crippen LogP contribution in [0.15, 0.2) is 47.4 Å². The van der Waals surface area contributed by atoms with Gasteiger partial charge in [0.2, 0.25) is 0 Å². The van der Waals surface area contributed by atoms with Gasteiger partial charge in [-0.25, -0.2) is 4.98 Å². The minimum absolute atomic E-state index is 0.00373. The fourth-order valence-electron chi connectivity index (χ4n) is 8.52. The summed E-state index contributed by atoms with van der Waals surface area (Å²) in [5.74, 6) is 0.909. The molecule has 0 bridgehead atoms. The van der Waals surface area contributed by atoms with Gasteiger partial charge in [-0.15, -0.1) is 0 Å². The highest BCUT2D eigenvalue weighted by Crippen LogP contribution is 2.49. The van der Waals surface area contributed by atoms with Crippen LogP contribution in [0.25, 0.3) is 10.9 Å².